The molecule has 0 unspecified atom stereocenters. The van der Waals surface area contributed by atoms with Gasteiger partial charge in [-0.1, -0.05) is 0 Å². The number of nitrogens with zero attached hydrogens (tertiary/aromatic N) is 2. The molecule has 0 bridgehead atoms. The van der Waals surface area contributed by atoms with Gasteiger partial charge in [0.1, 0.15) is 0 Å². The van der Waals surface area contributed by atoms with E-state index in [1.54, 1.807) is 6.20 Å². The zero-order valence-electron chi connectivity index (χ0n) is 7.66. The summed E-state index contributed by atoms with van der Waals surface area (Å²) in [6, 6.07) is 0. The Balaban J connectivity index is 2.03. The van der Waals surface area contributed by atoms with E-state index in [1.165, 1.54) is 12.8 Å². The second-order valence-corrected chi connectivity index (χ2v) is 3.46. The van der Waals surface area contributed by atoms with Gasteiger partial charge in [0.25, 0.3) is 5.88 Å². The lowest BCUT2D eigenvalue weighted by molar-refractivity contribution is 0.288. The number of aromatic nitrogens is 2. The lowest BCUT2D eigenvalue weighted by atomic mass is 10.4. The topological polar surface area (TPSA) is 61.0 Å². The smallest absolute Gasteiger partial charge is 0.257 e. The van der Waals surface area contributed by atoms with E-state index in [9.17, 15) is 0 Å². The van der Waals surface area contributed by atoms with Crippen molar-refractivity contribution in [2.24, 2.45) is 5.92 Å². The second-order valence-electron chi connectivity index (χ2n) is 3.46. The Morgan fingerprint density at radius 2 is 2.38 bits per heavy atom. The number of aryl methyl sites for hydroxylation is 1. The lowest BCUT2D eigenvalue weighted by Crippen LogP contribution is -2.05. The Kier molecular flexibility index (Phi) is 2.04. The van der Waals surface area contributed by atoms with Crippen LogP contribution < -0.4 is 10.5 Å². The number of ether oxygens (including phenoxy) is 1. The average Bonchev–Trinajstić information content (AvgIpc) is 2.90. The first-order chi connectivity index (χ1) is 6.25. The minimum Gasteiger partial charge on any atom is -0.475 e. The molecule has 1 fully saturated rings. The molecule has 1 aromatic rings. The summed E-state index contributed by atoms with van der Waals surface area (Å²) in [6.45, 7) is 2.60. The molecule has 2 rings (SSSR count). The fourth-order valence-electron chi connectivity index (χ4n) is 1.05. The van der Waals surface area contributed by atoms with Crippen LogP contribution in [-0.2, 0) is 0 Å². The van der Waals surface area contributed by atoms with Gasteiger partial charge in [-0.25, -0.2) is 9.97 Å². The maximum Gasteiger partial charge on any atom is 0.257 e. The molecule has 2 N–H and O–H groups in total. The maximum absolute atomic E-state index is 5.60. The summed E-state index contributed by atoms with van der Waals surface area (Å²) >= 11 is 0. The van der Waals surface area contributed by atoms with Crippen LogP contribution in [0.15, 0.2) is 6.20 Å². The van der Waals surface area contributed by atoms with Crippen LogP contribution in [-0.4, -0.2) is 16.6 Å². The van der Waals surface area contributed by atoms with Gasteiger partial charge < -0.3 is 10.5 Å². The Hall–Kier alpha value is -1.32. The molecule has 0 aromatic carbocycles. The first-order valence-corrected chi connectivity index (χ1v) is 4.47. The third-order valence-corrected chi connectivity index (χ3v) is 2.04. The lowest BCUT2D eigenvalue weighted by Gasteiger charge is -2.06. The summed E-state index contributed by atoms with van der Waals surface area (Å²) in [5.74, 6) is 1.57. The Labute approximate surface area is 77.1 Å². The first kappa shape index (κ1) is 8.29. The summed E-state index contributed by atoms with van der Waals surface area (Å²) in [6.07, 6.45) is 4.16. The van der Waals surface area contributed by atoms with Crippen molar-refractivity contribution < 1.29 is 4.74 Å². The highest BCUT2D eigenvalue weighted by Crippen LogP contribution is 2.29. The zero-order valence-corrected chi connectivity index (χ0v) is 7.66. The molecule has 1 aliphatic carbocycles. The van der Waals surface area contributed by atoms with E-state index < -0.39 is 0 Å². The van der Waals surface area contributed by atoms with Crippen LogP contribution in [0.2, 0.25) is 0 Å². The van der Waals surface area contributed by atoms with E-state index in [1.807, 2.05) is 6.92 Å². The summed E-state index contributed by atoms with van der Waals surface area (Å²) < 4.78 is 5.44. The molecule has 0 saturated heterocycles. The first-order valence-electron chi connectivity index (χ1n) is 4.47. The molecule has 0 atom stereocenters. The molecule has 1 heterocycles. The van der Waals surface area contributed by atoms with Crippen molar-refractivity contribution >= 4 is 5.82 Å². The third-order valence-electron chi connectivity index (χ3n) is 2.04. The molecule has 0 spiro atoms. The number of rotatable bonds is 3. The van der Waals surface area contributed by atoms with Crippen molar-refractivity contribution in [2.75, 3.05) is 12.3 Å². The third kappa shape index (κ3) is 2.08. The normalized spacial score (nSPS) is 15.8. The van der Waals surface area contributed by atoms with E-state index >= 15 is 0 Å². The molecule has 0 radical (unpaired) electrons. The Morgan fingerprint density at radius 1 is 1.62 bits per heavy atom. The molecular weight excluding hydrogens is 166 g/mol. The van der Waals surface area contributed by atoms with Crippen LogP contribution in [0.25, 0.3) is 0 Å². The molecule has 0 amide bonds. The van der Waals surface area contributed by atoms with Crippen molar-refractivity contribution in [3.05, 3.63) is 11.9 Å². The van der Waals surface area contributed by atoms with Gasteiger partial charge in [-0.2, -0.15) is 0 Å². The molecule has 70 valence electrons. The van der Waals surface area contributed by atoms with Crippen molar-refractivity contribution in [2.45, 2.75) is 19.8 Å². The number of hydrogen-bond donors (Lipinski definition) is 1. The Bertz CT molecular complexity index is 310. The van der Waals surface area contributed by atoms with Crippen LogP contribution >= 0.6 is 0 Å². The average molecular weight is 179 g/mol. The van der Waals surface area contributed by atoms with Gasteiger partial charge in [-0.15, -0.1) is 0 Å². The predicted octanol–water partition coefficient (Wildman–Crippen LogP) is 1.16. The molecular formula is C9H13N3O. The van der Waals surface area contributed by atoms with Gasteiger partial charge in [0.05, 0.1) is 18.5 Å². The molecule has 4 heteroatoms. The van der Waals surface area contributed by atoms with Crippen LogP contribution in [0.4, 0.5) is 5.82 Å². The molecule has 0 aliphatic heterocycles. The van der Waals surface area contributed by atoms with Crippen molar-refractivity contribution in [1.82, 2.24) is 9.97 Å². The molecule has 1 aliphatic rings. The number of hydrogen-bond acceptors (Lipinski definition) is 4. The van der Waals surface area contributed by atoms with Gasteiger partial charge in [-0.3, -0.25) is 0 Å². The minimum absolute atomic E-state index is 0.381. The fraction of sp³-hybridized carbons (Fsp3) is 0.556. The fourth-order valence-corrected chi connectivity index (χ4v) is 1.05. The summed E-state index contributed by atoms with van der Waals surface area (Å²) in [7, 11) is 0. The van der Waals surface area contributed by atoms with Gasteiger partial charge in [-0.05, 0) is 25.7 Å². The van der Waals surface area contributed by atoms with Crippen LogP contribution in [0.1, 0.15) is 18.5 Å². The number of nitrogen functional groups attached to an aromatic ring is 1. The number of anilines is 1. The summed E-state index contributed by atoms with van der Waals surface area (Å²) in [5.41, 5.74) is 6.43. The second kappa shape index (κ2) is 3.20. The van der Waals surface area contributed by atoms with Gasteiger partial charge >= 0.3 is 0 Å². The van der Waals surface area contributed by atoms with Gasteiger partial charge in [0, 0.05) is 0 Å². The van der Waals surface area contributed by atoms with Crippen LogP contribution in [0.3, 0.4) is 0 Å². The SMILES string of the molecule is Cc1cnc(N)c(OCC2CC2)n1. The highest BCUT2D eigenvalue weighted by atomic mass is 16.5. The van der Waals surface area contributed by atoms with Crippen molar-refractivity contribution in [3.63, 3.8) is 0 Å². The maximum atomic E-state index is 5.60. The van der Waals surface area contributed by atoms with E-state index in [0.717, 1.165) is 12.3 Å². The summed E-state index contributed by atoms with van der Waals surface area (Å²) in [4.78, 5) is 8.13. The minimum atomic E-state index is 0.381. The van der Waals surface area contributed by atoms with Crippen molar-refractivity contribution in [3.8, 4) is 5.88 Å². The van der Waals surface area contributed by atoms with Gasteiger partial charge in [0.15, 0.2) is 5.82 Å². The summed E-state index contributed by atoms with van der Waals surface area (Å²) in [5, 5.41) is 0. The number of nitrogens with two attached hydrogens (primary N) is 1. The molecule has 1 saturated carbocycles. The van der Waals surface area contributed by atoms with Crippen LogP contribution in [0.5, 0.6) is 5.88 Å². The molecule has 4 nitrogen and oxygen atoms in total. The Morgan fingerprint density at radius 3 is 3.08 bits per heavy atom. The highest BCUT2D eigenvalue weighted by Gasteiger charge is 2.22. The van der Waals surface area contributed by atoms with Crippen molar-refractivity contribution in [1.29, 1.82) is 0 Å². The van der Waals surface area contributed by atoms with E-state index in [0.29, 0.717) is 17.6 Å². The zero-order chi connectivity index (χ0) is 9.26. The van der Waals surface area contributed by atoms with E-state index in [2.05, 4.69) is 9.97 Å². The predicted molar refractivity (Wildman–Crippen MR) is 49.4 cm³/mol. The highest BCUT2D eigenvalue weighted by molar-refractivity contribution is 5.39. The van der Waals surface area contributed by atoms with E-state index in [-0.39, 0.29) is 0 Å². The quantitative estimate of drug-likeness (QED) is 0.756. The monoisotopic (exact) mass is 179 g/mol. The molecule has 1 aromatic heterocycles. The standard InChI is InChI=1S/C9H13N3O/c1-6-4-11-8(10)9(12-6)13-5-7-2-3-7/h4,7H,2-3,5H2,1H3,(H2,10,11). The van der Waals surface area contributed by atoms with Crippen LogP contribution in [0, 0.1) is 12.8 Å². The molecule has 13 heavy (non-hydrogen) atoms. The van der Waals surface area contributed by atoms with E-state index in [4.69, 9.17) is 10.5 Å². The largest absolute Gasteiger partial charge is 0.475 e. The van der Waals surface area contributed by atoms with Gasteiger partial charge in [0.2, 0.25) is 0 Å².